The molecule has 178 valence electrons. The Bertz CT molecular complexity index is 1060. The smallest absolute Gasteiger partial charge is 0.250 e. The predicted octanol–water partition coefficient (Wildman–Crippen LogP) is 5.47. The molecule has 34 heavy (non-hydrogen) atoms. The molecule has 0 fully saturated rings. The highest BCUT2D eigenvalue weighted by molar-refractivity contribution is 5.90. The Labute approximate surface area is 202 Å². The van der Waals surface area contributed by atoms with Crippen LogP contribution in [0.2, 0.25) is 0 Å². The molecule has 5 heteroatoms. The van der Waals surface area contributed by atoms with E-state index in [1.165, 1.54) is 0 Å². The average Bonchev–Trinajstić information content (AvgIpc) is 2.84. The molecule has 2 amide bonds. The Balaban J connectivity index is 1.55. The van der Waals surface area contributed by atoms with Crippen molar-refractivity contribution in [2.45, 2.75) is 46.5 Å². The second-order valence-corrected chi connectivity index (χ2v) is 9.30. The van der Waals surface area contributed by atoms with Crippen molar-refractivity contribution in [1.29, 1.82) is 0 Å². The first kappa shape index (κ1) is 25.0. The average molecular weight is 459 g/mol. The molecule has 2 N–H and O–H groups in total. The summed E-state index contributed by atoms with van der Waals surface area (Å²) in [7, 11) is 0. The Morgan fingerprint density at radius 1 is 0.853 bits per heavy atom. The molecule has 0 saturated carbocycles. The van der Waals surface area contributed by atoms with E-state index in [2.05, 4.69) is 16.9 Å². The van der Waals surface area contributed by atoms with Gasteiger partial charge in [0.05, 0.1) is 12.5 Å². The molecule has 0 aliphatic carbocycles. The minimum absolute atomic E-state index is 0.229. The number of hydrogen-bond acceptors (Lipinski definition) is 3. The number of carbonyl (C=O) groups excluding carboxylic acids is 2. The Morgan fingerprint density at radius 3 is 2.03 bits per heavy atom. The molecular formula is C29H34N2O3. The minimum Gasteiger partial charge on any atom is -0.493 e. The Hall–Kier alpha value is -3.60. The van der Waals surface area contributed by atoms with E-state index in [1.54, 1.807) is 0 Å². The molecule has 0 aliphatic heterocycles. The molecular weight excluding hydrogens is 424 g/mol. The summed E-state index contributed by atoms with van der Waals surface area (Å²) in [6.07, 6.45) is 1.35. The summed E-state index contributed by atoms with van der Waals surface area (Å²) in [6, 6.07) is 25.2. The highest BCUT2D eigenvalue weighted by atomic mass is 16.5. The lowest BCUT2D eigenvalue weighted by Crippen LogP contribution is -2.49. The van der Waals surface area contributed by atoms with Gasteiger partial charge in [-0.05, 0) is 55.0 Å². The Kier molecular flexibility index (Phi) is 8.47. The van der Waals surface area contributed by atoms with Crippen LogP contribution in [0.15, 0.2) is 78.9 Å². The number of hydrogen-bond donors (Lipinski definition) is 2. The summed E-state index contributed by atoms with van der Waals surface area (Å²) in [6.45, 7) is 8.33. The van der Waals surface area contributed by atoms with Gasteiger partial charge < -0.3 is 4.74 Å². The van der Waals surface area contributed by atoms with Crippen molar-refractivity contribution in [1.82, 2.24) is 10.9 Å². The lowest BCUT2D eigenvalue weighted by molar-refractivity contribution is -0.134. The lowest BCUT2D eigenvalue weighted by Gasteiger charge is -2.25. The van der Waals surface area contributed by atoms with Crippen molar-refractivity contribution in [3.05, 3.63) is 101 Å². The lowest BCUT2D eigenvalue weighted by atomic mass is 9.87. The van der Waals surface area contributed by atoms with E-state index >= 15 is 0 Å². The highest BCUT2D eigenvalue weighted by Crippen LogP contribution is 2.26. The van der Waals surface area contributed by atoms with Crippen LogP contribution in [0.3, 0.4) is 0 Å². The first-order valence-electron chi connectivity index (χ1n) is 11.7. The quantitative estimate of drug-likeness (QED) is 0.330. The topological polar surface area (TPSA) is 67.4 Å². The number of amides is 2. The standard InChI is InChI=1S/C29H34N2O3/c1-21-16-17-22(2)25(20-21)34-19-11-18-29(3,4)28(33)31-30-27(32)26(23-12-7-5-8-13-23)24-14-9-6-10-15-24/h5-10,12-17,20,26H,11,18-19H2,1-4H3,(H,30,32)(H,31,33). The van der Waals surface area contributed by atoms with Crippen LogP contribution in [0, 0.1) is 19.3 Å². The molecule has 3 aromatic rings. The summed E-state index contributed by atoms with van der Waals surface area (Å²) in [4.78, 5) is 26.0. The van der Waals surface area contributed by atoms with Crippen LogP contribution in [-0.2, 0) is 9.59 Å². The van der Waals surface area contributed by atoms with Gasteiger partial charge in [-0.15, -0.1) is 0 Å². The summed E-state index contributed by atoms with van der Waals surface area (Å²) in [5, 5.41) is 0. The van der Waals surface area contributed by atoms with E-state index in [0.29, 0.717) is 13.0 Å². The van der Waals surface area contributed by atoms with Gasteiger partial charge in [-0.2, -0.15) is 0 Å². The van der Waals surface area contributed by atoms with Crippen LogP contribution in [0.4, 0.5) is 0 Å². The van der Waals surface area contributed by atoms with Gasteiger partial charge in [0.1, 0.15) is 5.75 Å². The van der Waals surface area contributed by atoms with E-state index in [-0.39, 0.29) is 11.8 Å². The van der Waals surface area contributed by atoms with Crippen LogP contribution in [0.25, 0.3) is 0 Å². The number of rotatable bonds is 9. The second kappa shape index (κ2) is 11.5. The van der Waals surface area contributed by atoms with E-state index in [0.717, 1.165) is 34.4 Å². The van der Waals surface area contributed by atoms with Crippen LogP contribution in [0.1, 0.15) is 54.9 Å². The number of benzene rings is 3. The van der Waals surface area contributed by atoms with E-state index in [9.17, 15) is 9.59 Å². The van der Waals surface area contributed by atoms with Gasteiger partial charge in [-0.1, -0.05) is 86.6 Å². The van der Waals surface area contributed by atoms with E-state index in [4.69, 9.17) is 4.74 Å². The minimum atomic E-state index is -0.659. The van der Waals surface area contributed by atoms with E-state index in [1.807, 2.05) is 100 Å². The molecule has 0 unspecified atom stereocenters. The monoisotopic (exact) mass is 458 g/mol. The van der Waals surface area contributed by atoms with Crippen molar-refractivity contribution in [2.75, 3.05) is 6.61 Å². The zero-order valence-corrected chi connectivity index (χ0v) is 20.4. The summed E-state index contributed by atoms with van der Waals surface area (Å²) in [5.41, 5.74) is 8.60. The molecule has 3 aromatic carbocycles. The van der Waals surface area contributed by atoms with Gasteiger partial charge in [-0.25, -0.2) is 0 Å². The number of nitrogens with one attached hydrogen (secondary N) is 2. The van der Waals surface area contributed by atoms with Gasteiger partial charge in [0.15, 0.2) is 0 Å². The molecule has 0 spiro atoms. The first-order chi connectivity index (χ1) is 16.3. The van der Waals surface area contributed by atoms with Gasteiger partial charge in [0.25, 0.3) is 0 Å². The van der Waals surface area contributed by atoms with Crippen LogP contribution in [0.5, 0.6) is 5.75 Å². The number of aryl methyl sites for hydroxylation is 2. The largest absolute Gasteiger partial charge is 0.493 e. The molecule has 3 rings (SSSR count). The maximum Gasteiger partial charge on any atom is 0.250 e. The fourth-order valence-corrected chi connectivity index (χ4v) is 3.82. The molecule has 0 radical (unpaired) electrons. The zero-order chi connectivity index (χ0) is 24.6. The molecule has 0 saturated heterocycles. The van der Waals surface area contributed by atoms with Crippen molar-refractivity contribution >= 4 is 11.8 Å². The maximum atomic E-state index is 13.1. The molecule has 0 heterocycles. The summed E-state index contributed by atoms with van der Waals surface area (Å²) < 4.78 is 5.92. The third-order valence-corrected chi connectivity index (χ3v) is 5.99. The first-order valence-corrected chi connectivity index (χ1v) is 11.7. The summed E-state index contributed by atoms with van der Waals surface area (Å²) in [5.74, 6) is -0.147. The van der Waals surface area contributed by atoms with Crippen molar-refractivity contribution in [3.63, 3.8) is 0 Å². The van der Waals surface area contributed by atoms with Crippen LogP contribution in [-0.4, -0.2) is 18.4 Å². The second-order valence-electron chi connectivity index (χ2n) is 9.30. The van der Waals surface area contributed by atoms with Crippen molar-refractivity contribution in [3.8, 4) is 5.75 Å². The number of carbonyl (C=O) groups is 2. The van der Waals surface area contributed by atoms with Crippen LogP contribution >= 0.6 is 0 Å². The molecule has 5 nitrogen and oxygen atoms in total. The Morgan fingerprint density at radius 2 is 1.44 bits per heavy atom. The third-order valence-electron chi connectivity index (χ3n) is 5.99. The molecule has 0 aliphatic rings. The predicted molar refractivity (Wildman–Crippen MR) is 135 cm³/mol. The van der Waals surface area contributed by atoms with Crippen molar-refractivity contribution in [2.24, 2.45) is 5.41 Å². The fraction of sp³-hybridized carbons (Fsp3) is 0.310. The van der Waals surface area contributed by atoms with Gasteiger partial charge in [0.2, 0.25) is 11.8 Å². The molecule has 0 aromatic heterocycles. The molecule has 0 bridgehead atoms. The number of hydrazine groups is 1. The van der Waals surface area contributed by atoms with Crippen LogP contribution < -0.4 is 15.6 Å². The normalized spacial score (nSPS) is 11.2. The van der Waals surface area contributed by atoms with Gasteiger partial charge >= 0.3 is 0 Å². The zero-order valence-electron chi connectivity index (χ0n) is 20.4. The van der Waals surface area contributed by atoms with Gasteiger partial charge in [0, 0.05) is 5.41 Å². The number of ether oxygens (including phenoxy) is 1. The third kappa shape index (κ3) is 6.70. The van der Waals surface area contributed by atoms with E-state index < -0.39 is 11.3 Å². The maximum absolute atomic E-state index is 13.1. The summed E-state index contributed by atoms with van der Waals surface area (Å²) >= 11 is 0. The molecule has 0 atom stereocenters. The van der Waals surface area contributed by atoms with Gasteiger partial charge in [-0.3, -0.25) is 20.4 Å². The SMILES string of the molecule is Cc1ccc(C)c(OCCCC(C)(C)C(=O)NNC(=O)C(c2ccccc2)c2ccccc2)c1. The highest BCUT2D eigenvalue weighted by Gasteiger charge is 2.29. The van der Waals surface area contributed by atoms with Crippen molar-refractivity contribution < 1.29 is 14.3 Å². The fourth-order valence-electron chi connectivity index (χ4n) is 3.82.